The van der Waals surface area contributed by atoms with Crippen molar-refractivity contribution >= 4 is 11.7 Å². The Balaban J connectivity index is 2.01. The number of hydrogen-bond acceptors (Lipinski definition) is 6. The number of carbonyl (C=O) groups excluding carboxylic acids is 1. The van der Waals surface area contributed by atoms with Crippen molar-refractivity contribution in [3.05, 3.63) is 41.9 Å². The molecule has 1 amide bonds. The predicted molar refractivity (Wildman–Crippen MR) is 96.1 cm³/mol. The van der Waals surface area contributed by atoms with Crippen molar-refractivity contribution in [3.63, 3.8) is 0 Å². The Morgan fingerprint density at radius 3 is 2.60 bits per heavy atom. The number of anilines is 1. The first-order valence-corrected chi connectivity index (χ1v) is 8.15. The standard InChI is InChI=1S/C18H24N4O3/c1-5-12(2)22-17-9-14(20-11-21-17)18(23)19-10-13-6-7-15(24-3)16(8-13)25-4/h6-9,11-12H,5,10H2,1-4H3,(H,19,23)(H,20,21,22). The third-order valence-electron chi connectivity index (χ3n) is 3.81. The van der Waals surface area contributed by atoms with E-state index in [1.807, 2.05) is 12.1 Å². The fourth-order valence-electron chi connectivity index (χ4n) is 2.18. The van der Waals surface area contributed by atoms with Crippen LogP contribution in [0.1, 0.15) is 36.3 Å². The molecule has 0 bridgehead atoms. The molecule has 7 heteroatoms. The molecule has 0 saturated heterocycles. The van der Waals surface area contributed by atoms with E-state index in [0.717, 1.165) is 12.0 Å². The van der Waals surface area contributed by atoms with Gasteiger partial charge in [-0.3, -0.25) is 4.79 Å². The SMILES string of the molecule is CCC(C)Nc1cc(C(=O)NCc2ccc(OC)c(OC)c2)ncn1. The molecule has 7 nitrogen and oxygen atoms in total. The smallest absolute Gasteiger partial charge is 0.270 e. The molecule has 0 spiro atoms. The van der Waals surface area contributed by atoms with E-state index in [2.05, 4.69) is 34.4 Å². The number of aromatic nitrogens is 2. The van der Waals surface area contributed by atoms with Gasteiger partial charge >= 0.3 is 0 Å². The highest BCUT2D eigenvalue weighted by Crippen LogP contribution is 2.27. The normalized spacial score (nSPS) is 11.5. The predicted octanol–water partition coefficient (Wildman–Crippen LogP) is 2.63. The molecule has 1 heterocycles. The zero-order valence-corrected chi connectivity index (χ0v) is 15.0. The molecule has 0 radical (unpaired) electrons. The monoisotopic (exact) mass is 344 g/mol. The first-order valence-electron chi connectivity index (χ1n) is 8.15. The molecule has 0 fully saturated rings. The second-order valence-electron chi connectivity index (χ2n) is 5.61. The average Bonchev–Trinajstić information content (AvgIpc) is 2.65. The fraction of sp³-hybridized carbons (Fsp3) is 0.389. The number of nitrogens with one attached hydrogen (secondary N) is 2. The summed E-state index contributed by atoms with van der Waals surface area (Å²) in [6.45, 7) is 4.49. The van der Waals surface area contributed by atoms with Crippen LogP contribution in [0.15, 0.2) is 30.6 Å². The van der Waals surface area contributed by atoms with E-state index in [-0.39, 0.29) is 11.9 Å². The first-order chi connectivity index (χ1) is 12.1. The van der Waals surface area contributed by atoms with Crippen LogP contribution in [0.25, 0.3) is 0 Å². The van der Waals surface area contributed by atoms with Crippen molar-refractivity contribution < 1.29 is 14.3 Å². The van der Waals surface area contributed by atoms with Crippen molar-refractivity contribution in [2.75, 3.05) is 19.5 Å². The van der Waals surface area contributed by atoms with Crippen LogP contribution < -0.4 is 20.1 Å². The van der Waals surface area contributed by atoms with Crippen LogP contribution in [0.2, 0.25) is 0 Å². The summed E-state index contributed by atoms with van der Waals surface area (Å²) in [6, 6.07) is 7.43. The van der Waals surface area contributed by atoms with E-state index in [1.54, 1.807) is 26.4 Å². The summed E-state index contributed by atoms with van der Waals surface area (Å²) in [4.78, 5) is 20.5. The molecule has 0 aliphatic heterocycles. The summed E-state index contributed by atoms with van der Waals surface area (Å²) in [6.07, 6.45) is 2.35. The number of carbonyl (C=O) groups is 1. The van der Waals surface area contributed by atoms with Crippen molar-refractivity contribution in [3.8, 4) is 11.5 Å². The van der Waals surface area contributed by atoms with Gasteiger partial charge in [-0.2, -0.15) is 0 Å². The van der Waals surface area contributed by atoms with E-state index in [1.165, 1.54) is 6.33 Å². The maximum atomic E-state index is 12.3. The van der Waals surface area contributed by atoms with Gasteiger partial charge in [-0.25, -0.2) is 9.97 Å². The molecular formula is C18H24N4O3. The van der Waals surface area contributed by atoms with E-state index in [4.69, 9.17) is 9.47 Å². The number of hydrogen-bond donors (Lipinski definition) is 2. The lowest BCUT2D eigenvalue weighted by Gasteiger charge is -2.12. The molecule has 2 aromatic rings. The number of benzene rings is 1. The largest absolute Gasteiger partial charge is 0.493 e. The van der Waals surface area contributed by atoms with E-state index in [0.29, 0.717) is 29.6 Å². The second kappa shape index (κ2) is 8.86. The van der Waals surface area contributed by atoms with Crippen LogP contribution in [-0.2, 0) is 6.54 Å². The van der Waals surface area contributed by atoms with Gasteiger partial charge in [0.1, 0.15) is 17.8 Å². The highest BCUT2D eigenvalue weighted by molar-refractivity contribution is 5.92. The van der Waals surface area contributed by atoms with Crippen molar-refractivity contribution in [1.29, 1.82) is 0 Å². The molecule has 2 N–H and O–H groups in total. The maximum absolute atomic E-state index is 12.3. The van der Waals surface area contributed by atoms with Crippen molar-refractivity contribution in [2.24, 2.45) is 0 Å². The third kappa shape index (κ3) is 5.07. The molecule has 0 aliphatic rings. The van der Waals surface area contributed by atoms with Crippen LogP contribution in [-0.4, -0.2) is 36.1 Å². The van der Waals surface area contributed by atoms with E-state index in [9.17, 15) is 4.79 Å². The number of methoxy groups -OCH3 is 2. The molecule has 1 aromatic carbocycles. The fourth-order valence-corrected chi connectivity index (χ4v) is 2.18. The van der Waals surface area contributed by atoms with Gasteiger partial charge in [-0.15, -0.1) is 0 Å². The topological polar surface area (TPSA) is 85.4 Å². The minimum Gasteiger partial charge on any atom is -0.493 e. The number of amides is 1. The van der Waals surface area contributed by atoms with Gasteiger partial charge in [0.2, 0.25) is 0 Å². The van der Waals surface area contributed by atoms with E-state index < -0.39 is 0 Å². The second-order valence-corrected chi connectivity index (χ2v) is 5.61. The number of ether oxygens (including phenoxy) is 2. The minimum atomic E-state index is -0.260. The zero-order chi connectivity index (χ0) is 18.2. The van der Waals surface area contributed by atoms with Crippen LogP contribution >= 0.6 is 0 Å². The number of nitrogens with zero attached hydrogens (tertiary/aromatic N) is 2. The summed E-state index contributed by atoms with van der Waals surface area (Å²) in [7, 11) is 3.16. The maximum Gasteiger partial charge on any atom is 0.270 e. The van der Waals surface area contributed by atoms with Gasteiger partial charge in [0.05, 0.1) is 14.2 Å². The van der Waals surface area contributed by atoms with Gasteiger partial charge in [-0.1, -0.05) is 13.0 Å². The molecule has 0 aliphatic carbocycles. The molecule has 1 aromatic heterocycles. The van der Waals surface area contributed by atoms with Crippen LogP contribution in [0.5, 0.6) is 11.5 Å². The Labute approximate surface area is 147 Å². The molecular weight excluding hydrogens is 320 g/mol. The van der Waals surface area contributed by atoms with Gasteiger partial charge in [0, 0.05) is 18.7 Å². The summed E-state index contributed by atoms with van der Waals surface area (Å²) in [5.74, 6) is 1.65. The van der Waals surface area contributed by atoms with Crippen LogP contribution in [0.3, 0.4) is 0 Å². The van der Waals surface area contributed by atoms with Gasteiger partial charge < -0.3 is 20.1 Å². The van der Waals surface area contributed by atoms with Gasteiger partial charge in [-0.05, 0) is 31.0 Å². The lowest BCUT2D eigenvalue weighted by Crippen LogP contribution is -2.24. The highest BCUT2D eigenvalue weighted by atomic mass is 16.5. The number of rotatable bonds is 8. The van der Waals surface area contributed by atoms with Gasteiger partial charge in [0.25, 0.3) is 5.91 Å². The Bertz CT molecular complexity index is 721. The molecule has 1 unspecified atom stereocenters. The Kier molecular flexibility index (Phi) is 6.56. The lowest BCUT2D eigenvalue weighted by atomic mass is 10.2. The zero-order valence-electron chi connectivity index (χ0n) is 15.0. The van der Waals surface area contributed by atoms with E-state index >= 15 is 0 Å². The minimum absolute atomic E-state index is 0.260. The summed E-state index contributed by atoms with van der Waals surface area (Å²) in [5.41, 5.74) is 1.22. The molecule has 0 saturated carbocycles. The quantitative estimate of drug-likeness (QED) is 0.766. The Morgan fingerprint density at radius 1 is 1.16 bits per heavy atom. The highest BCUT2D eigenvalue weighted by Gasteiger charge is 2.11. The van der Waals surface area contributed by atoms with Gasteiger partial charge in [0.15, 0.2) is 11.5 Å². The van der Waals surface area contributed by atoms with Crippen molar-refractivity contribution in [2.45, 2.75) is 32.9 Å². The van der Waals surface area contributed by atoms with Crippen LogP contribution in [0.4, 0.5) is 5.82 Å². The van der Waals surface area contributed by atoms with Crippen LogP contribution in [0, 0.1) is 0 Å². The molecule has 25 heavy (non-hydrogen) atoms. The molecule has 134 valence electrons. The molecule has 2 rings (SSSR count). The summed E-state index contributed by atoms with van der Waals surface area (Å²) in [5, 5.41) is 6.07. The third-order valence-corrected chi connectivity index (χ3v) is 3.81. The molecule has 1 atom stereocenters. The summed E-state index contributed by atoms with van der Waals surface area (Å²) >= 11 is 0. The van der Waals surface area contributed by atoms with Crippen molar-refractivity contribution in [1.82, 2.24) is 15.3 Å². The Morgan fingerprint density at radius 2 is 1.92 bits per heavy atom. The first kappa shape index (κ1) is 18.5. The lowest BCUT2D eigenvalue weighted by molar-refractivity contribution is 0.0945. The Hall–Kier alpha value is -2.83. The average molecular weight is 344 g/mol. The summed E-state index contributed by atoms with van der Waals surface area (Å²) < 4.78 is 10.5.